The Morgan fingerprint density at radius 2 is 1.83 bits per heavy atom. The minimum atomic E-state index is 0.156. The summed E-state index contributed by atoms with van der Waals surface area (Å²) in [6.45, 7) is 1.20. The smallest absolute Gasteiger partial charge is 0.232 e. The van der Waals surface area contributed by atoms with Gasteiger partial charge in [0, 0.05) is 31.7 Å². The van der Waals surface area contributed by atoms with E-state index in [1.54, 1.807) is 16.7 Å². The fourth-order valence-corrected chi connectivity index (χ4v) is 2.81. The largest absolute Gasteiger partial charge is 0.341 e. The van der Waals surface area contributed by atoms with Gasteiger partial charge in [-0.3, -0.25) is 9.59 Å². The van der Waals surface area contributed by atoms with Gasteiger partial charge in [-0.05, 0) is 5.56 Å². The fourth-order valence-electron chi connectivity index (χ4n) is 1.93. The van der Waals surface area contributed by atoms with Gasteiger partial charge in [0.15, 0.2) is 0 Å². The molecule has 0 atom stereocenters. The van der Waals surface area contributed by atoms with Crippen LogP contribution in [0.2, 0.25) is 0 Å². The number of carbonyl (C=O) groups excluding carboxylic acids is 2. The monoisotopic (exact) mass is 263 g/mol. The molecule has 18 heavy (non-hydrogen) atoms. The standard InChI is InChI=1S/C14H17NO2S/c16-13-6-8-15(9-7-13)14(17)11-18-10-12-4-2-1-3-5-12/h1-5H,6-11H2. The first-order valence-electron chi connectivity index (χ1n) is 6.17. The third-order valence-corrected chi connectivity index (χ3v) is 4.00. The fraction of sp³-hybridized carbons (Fsp3) is 0.429. The van der Waals surface area contributed by atoms with Crippen LogP contribution in [0.3, 0.4) is 0 Å². The van der Waals surface area contributed by atoms with Crippen LogP contribution in [-0.4, -0.2) is 35.4 Å². The number of nitrogens with zero attached hydrogens (tertiary/aromatic N) is 1. The number of hydrogen-bond acceptors (Lipinski definition) is 3. The summed E-state index contributed by atoms with van der Waals surface area (Å²) in [6, 6.07) is 10.1. The molecule has 1 aliphatic rings. The molecule has 0 aliphatic carbocycles. The lowest BCUT2D eigenvalue weighted by atomic mass is 10.1. The van der Waals surface area contributed by atoms with Crippen molar-refractivity contribution in [2.75, 3.05) is 18.8 Å². The summed E-state index contributed by atoms with van der Waals surface area (Å²) in [4.78, 5) is 24.8. The predicted octanol–water partition coefficient (Wildman–Crippen LogP) is 2.11. The molecule has 1 aromatic carbocycles. The first-order valence-corrected chi connectivity index (χ1v) is 7.32. The molecule has 0 saturated carbocycles. The Kier molecular flexibility index (Phi) is 4.81. The summed E-state index contributed by atoms with van der Waals surface area (Å²) in [5.41, 5.74) is 1.24. The molecule has 0 N–H and O–H groups in total. The SMILES string of the molecule is O=C1CCN(C(=O)CSCc2ccccc2)CC1. The number of likely N-dealkylation sites (tertiary alicyclic amines) is 1. The van der Waals surface area contributed by atoms with Crippen LogP contribution in [0.25, 0.3) is 0 Å². The Balaban J connectivity index is 1.70. The van der Waals surface area contributed by atoms with E-state index >= 15 is 0 Å². The van der Waals surface area contributed by atoms with Crippen molar-refractivity contribution in [1.82, 2.24) is 4.90 Å². The summed E-state index contributed by atoms with van der Waals surface area (Å²) in [6.07, 6.45) is 1.05. The average molecular weight is 263 g/mol. The number of piperidine rings is 1. The van der Waals surface area contributed by atoms with E-state index in [0.717, 1.165) is 5.75 Å². The topological polar surface area (TPSA) is 37.4 Å². The zero-order chi connectivity index (χ0) is 12.8. The Bertz CT molecular complexity index is 409. The zero-order valence-corrected chi connectivity index (χ0v) is 11.1. The molecule has 0 aromatic heterocycles. The van der Waals surface area contributed by atoms with Crippen LogP contribution in [0.4, 0.5) is 0 Å². The van der Waals surface area contributed by atoms with Crippen LogP contribution in [0.5, 0.6) is 0 Å². The quantitative estimate of drug-likeness (QED) is 0.835. The number of rotatable bonds is 4. The van der Waals surface area contributed by atoms with Gasteiger partial charge < -0.3 is 4.90 Å². The lowest BCUT2D eigenvalue weighted by Crippen LogP contribution is -2.39. The molecule has 0 unspecified atom stereocenters. The van der Waals surface area contributed by atoms with Crippen LogP contribution in [0.1, 0.15) is 18.4 Å². The number of benzene rings is 1. The van der Waals surface area contributed by atoms with Crippen LogP contribution < -0.4 is 0 Å². The van der Waals surface area contributed by atoms with Crippen molar-refractivity contribution in [2.45, 2.75) is 18.6 Å². The molecule has 0 spiro atoms. The highest BCUT2D eigenvalue weighted by molar-refractivity contribution is 7.99. The van der Waals surface area contributed by atoms with Crippen LogP contribution in [0.15, 0.2) is 30.3 Å². The van der Waals surface area contributed by atoms with E-state index in [1.165, 1.54) is 5.56 Å². The van der Waals surface area contributed by atoms with Gasteiger partial charge >= 0.3 is 0 Å². The Morgan fingerprint density at radius 1 is 1.17 bits per heavy atom. The van der Waals surface area contributed by atoms with E-state index in [2.05, 4.69) is 12.1 Å². The third-order valence-electron chi connectivity index (χ3n) is 3.01. The van der Waals surface area contributed by atoms with Gasteiger partial charge in [-0.25, -0.2) is 0 Å². The molecule has 0 bridgehead atoms. The molecule has 1 amide bonds. The predicted molar refractivity (Wildman–Crippen MR) is 73.4 cm³/mol. The first kappa shape index (κ1) is 13.1. The van der Waals surface area contributed by atoms with Crippen LogP contribution in [-0.2, 0) is 15.3 Å². The number of Topliss-reactive ketones (excluding diaryl/α,β-unsaturated/α-hetero) is 1. The summed E-state index contributed by atoms with van der Waals surface area (Å²) < 4.78 is 0. The summed E-state index contributed by atoms with van der Waals surface area (Å²) in [7, 11) is 0. The Morgan fingerprint density at radius 3 is 2.50 bits per heavy atom. The van der Waals surface area contributed by atoms with Crippen LogP contribution in [0, 0.1) is 0 Å². The number of hydrogen-bond donors (Lipinski definition) is 0. The molecule has 1 saturated heterocycles. The number of carbonyl (C=O) groups is 2. The van der Waals surface area contributed by atoms with E-state index < -0.39 is 0 Å². The van der Waals surface area contributed by atoms with Crippen molar-refractivity contribution >= 4 is 23.5 Å². The van der Waals surface area contributed by atoms with Crippen molar-refractivity contribution in [3.63, 3.8) is 0 Å². The highest BCUT2D eigenvalue weighted by Crippen LogP contribution is 2.14. The van der Waals surface area contributed by atoms with E-state index in [0.29, 0.717) is 31.7 Å². The minimum absolute atomic E-state index is 0.156. The molecule has 4 heteroatoms. The molecule has 1 aromatic rings. The second kappa shape index (κ2) is 6.59. The highest BCUT2D eigenvalue weighted by Gasteiger charge is 2.20. The lowest BCUT2D eigenvalue weighted by molar-refractivity contribution is -0.132. The van der Waals surface area contributed by atoms with Crippen molar-refractivity contribution in [3.05, 3.63) is 35.9 Å². The molecule has 3 nitrogen and oxygen atoms in total. The molecule has 0 radical (unpaired) electrons. The lowest BCUT2D eigenvalue weighted by Gasteiger charge is -2.25. The number of ketones is 1. The van der Waals surface area contributed by atoms with Gasteiger partial charge in [-0.1, -0.05) is 30.3 Å². The van der Waals surface area contributed by atoms with Gasteiger partial charge in [-0.2, -0.15) is 0 Å². The van der Waals surface area contributed by atoms with E-state index in [9.17, 15) is 9.59 Å². The molecular formula is C14H17NO2S. The third kappa shape index (κ3) is 3.88. The van der Waals surface area contributed by atoms with Gasteiger partial charge in [0.2, 0.25) is 5.91 Å². The van der Waals surface area contributed by atoms with Crippen molar-refractivity contribution in [2.24, 2.45) is 0 Å². The van der Waals surface area contributed by atoms with Crippen LogP contribution >= 0.6 is 11.8 Å². The molecule has 1 fully saturated rings. The maximum absolute atomic E-state index is 11.9. The van der Waals surface area contributed by atoms with E-state index in [4.69, 9.17) is 0 Å². The average Bonchev–Trinajstić information content (AvgIpc) is 2.40. The molecule has 2 rings (SSSR count). The van der Waals surface area contributed by atoms with Crippen molar-refractivity contribution in [3.8, 4) is 0 Å². The molecule has 1 heterocycles. The first-order chi connectivity index (χ1) is 8.75. The molecule has 96 valence electrons. The van der Waals surface area contributed by atoms with Gasteiger partial charge in [-0.15, -0.1) is 11.8 Å². The van der Waals surface area contributed by atoms with E-state index in [-0.39, 0.29) is 11.7 Å². The summed E-state index contributed by atoms with van der Waals surface area (Å²) >= 11 is 1.63. The zero-order valence-electron chi connectivity index (χ0n) is 10.3. The highest BCUT2D eigenvalue weighted by atomic mass is 32.2. The second-order valence-electron chi connectivity index (χ2n) is 4.40. The normalized spacial score (nSPS) is 15.8. The van der Waals surface area contributed by atoms with Crippen molar-refractivity contribution in [1.29, 1.82) is 0 Å². The Labute approximate surface area is 112 Å². The van der Waals surface area contributed by atoms with Gasteiger partial charge in [0.25, 0.3) is 0 Å². The van der Waals surface area contributed by atoms with Gasteiger partial charge in [0.1, 0.15) is 5.78 Å². The molecule has 1 aliphatic heterocycles. The van der Waals surface area contributed by atoms with E-state index in [1.807, 2.05) is 18.2 Å². The minimum Gasteiger partial charge on any atom is -0.341 e. The molecular weight excluding hydrogens is 246 g/mol. The summed E-state index contributed by atoms with van der Waals surface area (Å²) in [5, 5.41) is 0. The summed E-state index contributed by atoms with van der Waals surface area (Å²) in [5.74, 6) is 1.79. The second-order valence-corrected chi connectivity index (χ2v) is 5.38. The number of amides is 1. The number of thioether (sulfide) groups is 1. The maximum Gasteiger partial charge on any atom is 0.232 e. The van der Waals surface area contributed by atoms with Crippen molar-refractivity contribution < 1.29 is 9.59 Å². The van der Waals surface area contributed by atoms with Gasteiger partial charge in [0.05, 0.1) is 5.75 Å². The Hall–Kier alpha value is -1.29. The maximum atomic E-state index is 11.9.